The van der Waals surface area contributed by atoms with Gasteiger partial charge in [0.05, 0.1) is 6.54 Å². The lowest BCUT2D eigenvalue weighted by atomic mass is 10.1. The Bertz CT molecular complexity index is 545. The average molecular weight is 335 g/mol. The molecule has 2 N–H and O–H groups in total. The highest BCUT2D eigenvalue weighted by molar-refractivity contribution is 8.00. The highest BCUT2D eigenvalue weighted by Gasteiger charge is 2.15. The average Bonchev–Trinajstić information content (AvgIpc) is 3.23. The van der Waals surface area contributed by atoms with E-state index in [-0.39, 0.29) is 0 Å². The van der Waals surface area contributed by atoms with Crippen molar-refractivity contribution >= 4 is 17.7 Å². The summed E-state index contributed by atoms with van der Waals surface area (Å²) in [7, 11) is 0. The number of nitrogens with one attached hydrogen (secondary N) is 2. The zero-order valence-corrected chi connectivity index (χ0v) is 14.5. The molecule has 126 valence electrons. The van der Waals surface area contributed by atoms with Crippen LogP contribution in [0.2, 0.25) is 0 Å². The van der Waals surface area contributed by atoms with E-state index in [1.807, 2.05) is 17.8 Å². The van der Waals surface area contributed by atoms with Gasteiger partial charge in [-0.3, -0.25) is 4.99 Å². The quantitative estimate of drug-likeness (QED) is 0.618. The van der Waals surface area contributed by atoms with Crippen LogP contribution in [0.5, 0.6) is 11.5 Å². The Labute approximate surface area is 142 Å². The van der Waals surface area contributed by atoms with Crippen LogP contribution in [-0.4, -0.2) is 43.4 Å². The SMILES string of the molecule is CCNC(=NCC1CCCS1)NCCc1ccc2c(c1)OCO2. The Morgan fingerprint density at radius 3 is 3.04 bits per heavy atom. The van der Waals surface area contributed by atoms with E-state index in [2.05, 4.69) is 29.7 Å². The number of hydrogen-bond donors (Lipinski definition) is 2. The zero-order chi connectivity index (χ0) is 15.9. The van der Waals surface area contributed by atoms with Crippen molar-refractivity contribution < 1.29 is 9.47 Å². The van der Waals surface area contributed by atoms with Crippen LogP contribution in [0.3, 0.4) is 0 Å². The van der Waals surface area contributed by atoms with Gasteiger partial charge in [0.15, 0.2) is 17.5 Å². The van der Waals surface area contributed by atoms with E-state index < -0.39 is 0 Å². The maximum atomic E-state index is 5.42. The first-order valence-electron chi connectivity index (χ1n) is 8.37. The summed E-state index contributed by atoms with van der Waals surface area (Å²) in [6, 6.07) is 6.13. The molecule has 0 aliphatic carbocycles. The molecule has 1 atom stereocenters. The lowest BCUT2D eigenvalue weighted by Gasteiger charge is -2.13. The molecule has 0 bridgehead atoms. The molecule has 1 aromatic carbocycles. The second-order valence-corrected chi connectivity index (χ2v) is 7.13. The van der Waals surface area contributed by atoms with Crippen molar-refractivity contribution in [2.75, 3.05) is 32.2 Å². The summed E-state index contributed by atoms with van der Waals surface area (Å²) in [6.45, 7) is 5.06. The number of hydrogen-bond acceptors (Lipinski definition) is 4. The number of aliphatic imine (C=N–C) groups is 1. The molecule has 2 heterocycles. The molecule has 1 fully saturated rings. The molecule has 0 amide bonds. The van der Waals surface area contributed by atoms with Crippen LogP contribution in [0, 0.1) is 0 Å². The third kappa shape index (κ3) is 4.70. The van der Waals surface area contributed by atoms with Gasteiger partial charge >= 0.3 is 0 Å². The number of guanidine groups is 1. The minimum absolute atomic E-state index is 0.327. The van der Waals surface area contributed by atoms with Crippen LogP contribution in [-0.2, 0) is 6.42 Å². The van der Waals surface area contributed by atoms with E-state index in [9.17, 15) is 0 Å². The number of fused-ring (bicyclic) bond motifs is 1. The summed E-state index contributed by atoms with van der Waals surface area (Å²) in [4.78, 5) is 4.71. The van der Waals surface area contributed by atoms with Crippen molar-refractivity contribution in [3.8, 4) is 11.5 Å². The molecule has 0 radical (unpaired) electrons. The second-order valence-electron chi connectivity index (χ2n) is 5.72. The van der Waals surface area contributed by atoms with Crippen LogP contribution in [0.15, 0.2) is 23.2 Å². The molecule has 0 spiro atoms. The topological polar surface area (TPSA) is 54.9 Å². The summed E-state index contributed by atoms with van der Waals surface area (Å²) in [5.74, 6) is 3.89. The molecule has 6 heteroatoms. The van der Waals surface area contributed by atoms with Crippen LogP contribution in [0.1, 0.15) is 25.3 Å². The van der Waals surface area contributed by atoms with E-state index in [1.165, 1.54) is 24.2 Å². The van der Waals surface area contributed by atoms with Gasteiger partial charge in [0, 0.05) is 18.3 Å². The first kappa shape index (κ1) is 16.3. The fourth-order valence-corrected chi connectivity index (χ4v) is 3.92. The number of benzene rings is 1. The number of ether oxygens (including phenoxy) is 2. The predicted octanol–water partition coefficient (Wildman–Crippen LogP) is 2.41. The third-order valence-electron chi connectivity index (χ3n) is 3.96. The molecule has 1 unspecified atom stereocenters. The van der Waals surface area contributed by atoms with Crippen molar-refractivity contribution in [2.45, 2.75) is 31.4 Å². The first-order valence-corrected chi connectivity index (χ1v) is 9.42. The van der Waals surface area contributed by atoms with Crippen LogP contribution in [0.4, 0.5) is 0 Å². The Morgan fingerprint density at radius 2 is 2.22 bits per heavy atom. The molecule has 0 saturated carbocycles. The van der Waals surface area contributed by atoms with Crippen molar-refractivity contribution in [3.05, 3.63) is 23.8 Å². The fourth-order valence-electron chi connectivity index (χ4n) is 2.74. The van der Waals surface area contributed by atoms with Crippen molar-refractivity contribution in [1.29, 1.82) is 0 Å². The molecule has 23 heavy (non-hydrogen) atoms. The molecular weight excluding hydrogens is 310 g/mol. The normalized spacial score (nSPS) is 19.9. The van der Waals surface area contributed by atoms with E-state index in [0.29, 0.717) is 12.0 Å². The lowest BCUT2D eigenvalue weighted by molar-refractivity contribution is 0.174. The molecule has 1 saturated heterocycles. The Kier molecular flexibility index (Phi) is 5.91. The largest absolute Gasteiger partial charge is 0.454 e. The monoisotopic (exact) mass is 335 g/mol. The predicted molar refractivity (Wildman–Crippen MR) is 95.7 cm³/mol. The van der Waals surface area contributed by atoms with Gasteiger partial charge in [-0.25, -0.2) is 0 Å². The minimum atomic E-state index is 0.327. The smallest absolute Gasteiger partial charge is 0.231 e. The molecule has 0 aromatic heterocycles. The number of thioether (sulfide) groups is 1. The summed E-state index contributed by atoms with van der Waals surface area (Å²) in [5.41, 5.74) is 1.24. The lowest BCUT2D eigenvalue weighted by Crippen LogP contribution is -2.38. The van der Waals surface area contributed by atoms with Gasteiger partial charge in [0.2, 0.25) is 6.79 Å². The second kappa shape index (κ2) is 8.34. The van der Waals surface area contributed by atoms with Gasteiger partial charge in [0.25, 0.3) is 0 Å². The van der Waals surface area contributed by atoms with Gasteiger partial charge in [-0.05, 0) is 49.6 Å². The highest BCUT2D eigenvalue weighted by Crippen LogP contribution is 2.32. The molecule has 5 nitrogen and oxygen atoms in total. The van der Waals surface area contributed by atoms with Gasteiger partial charge in [-0.2, -0.15) is 11.8 Å². The van der Waals surface area contributed by atoms with Crippen molar-refractivity contribution in [1.82, 2.24) is 10.6 Å². The number of rotatable bonds is 6. The third-order valence-corrected chi connectivity index (χ3v) is 5.34. The standard InChI is InChI=1S/C17H25N3O2S/c1-2-18-17(20-11-14-4-3-9-23-14)19-8-7-13-5-6-15-16(10-13)22-12-21-15/h5-6,10,14H,2-4,7-9,11-12H2,1H3,(H2,18,19,20). The Hall–Kier alpha value is -1.56. The van der Waals surface area contributed by atoms with Crippen LogP contribution in [0.25, 0.3) is 0 Å². The van der Waals surface area contributed by atoms with Crippen molar-refractivity contribution in [2.24, 2.45) is 4.99 Å². The molecule has 3 rings (SSSR count). The van der Waals surface area contributed by atoms with Crippen LogP contribution < -0.4 is 20.1 Å². The first-order chi connectivity index (χ1) is 11.3. The van der Waals surface area contributed by atoms with Gasteiger partial charge in [-0.15, -0.1) is 0 Å². The fraction of sp³-hybridized carbons (Fsp3) is 0.588. The maximum absolute atomic E-state index is 5.42. The van der Waals surface area contributed by atoms with E-state index >= 15 is 0 Å². The Balaban J connectivity index is 1.47. The van der Waals surface area contributed by atoms with Crippen molar-refractivity contribution in [3.63, 3.8) is 0 Å². The summed E-state index contributed by atoms with van der Waals surface area (Å²) < 4.78 is 10.8. The Morgan fingerprint density at radius 1 is 1.30 bits per heavy atom. The highest BCUT2D eigenvalue weighted by atomic mass is 32.2. The van der Waals surface area contributed by atoms with Gasteiger partial charge in [0.1, 0.15) is 0 Å². The summed E-state index contributed by atoms with van der Waals surface area (Å²) >= 11 is 2.05. The summed E-state index contributed by atoms with van der Waals surface area (Å²) in [6.07, 6.45) is 3.56. The van der Waals surface area contributed by atoms with Gasteiger partial charge < -0.3 is 20.1 Å². The van der Waals surface area contributed by atoms with E-state index in [4.69, 9.17) is 14.5 Å². The zero-order valence-electron chi connectivity index (χ0n) is 13.6. The summed E-state index contributed by atoms with van der Waals surface area (Å²) in [5, 5.41) is 7.43. The number of nitrogens with zero attached hydrogens (tertiary/aromatic N) is 1. The maximum Gasteiger partial charge on any atom is 0.231 e. The molecule has 2 aliphatic rings. The molecule has 2 aliphatic heterocycles. The van der Waals surface area contributed by atoms with E-state index in [1.54, 1.807) is 0 Å². The minimum Gasteiger partial charge on any atom is -0.454 e. The van der Waals surface area contributed by atoms with Crippen LogP contribution >= 0.6 is 11.8 Å². The molecule has 1 aromatic rings. The van der Waals surface area contributed by atoms with Gasteiger partial charge in [-0.1, -0.05) is 6.07 Å². The van der Waals surface area contributed by atoms with E-state index in [0.717, 1.165) is 43.5 Å². The molecular formula is C17H25N3O2S.